The van der Waals surface area contributed by atoms with Gasteiger partial charge >= 0.3 is 0 Å². The first kappa shape index (κ1) is 19.2. The van der Waals surface area contributed by atoms with Gasteiger partial charge in [-0.3, -0.25) is 9.59 Å². The molecule has 0 radical (unpaired) electrons. The van der Waals surface area contributed by atoms with E-state index < -0.39 is 5.78 Å². The Balaban J connectivity index is 1.83. The lowest BCUT2D eigenvalue weighted by Gasteiger charge is -2.22. The third-order valence-electron chi connectivity index (χ3n) is 4.61. The summed E-state index contributed by atoms with van der Waals surface area (Å²) in [5.41, 5.74) is 2.48. The summed E-state index contributed by atoms with van der Waals surface area (Å²) in [7, 11) is 0. The molecule has 0 aliphatic heterocycles. The Morgan fingerprint density at radius 1 is 0.897 bits per heavy atom. The van der Waals surface area contributed by atoms with Gasteiger partial charge in [0.15, 0.2) is 11.6 Å². The number of ketones is 2. The van der Waals surface area contributed by atoms with Gasteiger partial charge in [0.05, 0.1) is 39.4 Å². The molecule has 0 spiro atoms. The largest absolute Gasteiger partial charge is 0.507 e. The van der Waals surface area contributed by atoms with Crippen LogP contribution in [-0.2, 0) is 9.37 Å². The number of carbonyl (C=O) groups is 2. The topological polar surface area (TPSA) is 105 Å². The number of phenolic OH excluding ortho intramolecular Hbond substituents is 1. The Hall–Kier alpha value is -3.17. The van der Waals surface area contributed by atoms with Crippen molar-refractivity contribution < 1.29 is 29.3 Å². The van der Waals surface area contributed by atoms with E-state index in [2.05, 4.69) is 14.7 Å². The van der Waals surface area contributed by atoms with Crippen molar-refractivity contribution in [2.24, 2.45) is 0 Å². The summed E-state index contributed by atoms with van der Waals surface area (Å²) < 4.78 is 4.54. The first-order valence-electron chi connectivity index (χ1n) is 8.58. The second-order valence-corrected chi connectivity index (χ2v) is 7.18. The minimum atomic E-state index is -0.410. The van der Waals surface area contributed by atoms with Crippen molar-refractivity contribution in [1.29, 1.82) is 0 Å². The van der Waals surface area contributed by atoms with Crippen molar-refractivity contribution in [2.45, 2.75) is 11.8 Å². The molecule has 146 valence electrons. The Bertz CT molecular complexity index is 1140. The van der Waals surface area contributed by atoms with Crippen LogP contribution in [0.1, 0.15) is 37.4 Å². The predicted octanol–water partition coefficient (Wildman–Crippen LogP) is 4.65. The van der Waals surface area contributed by atoms with Crippen LogP contribution in [0, 0.1) is 6.92 Å². The number of aromatic hydroxyl groups is 1. The van der Waals surface area contributed by atoms with Crippen molar-refractivity contribution >= 4 is 35.0 Å². The lowest BCUT2D eigenvalue weighted by atomic mass is 9.82. The van der Waals surface area contributed by atoms with E-state index in [-0.39, 0.29) is 33.8 Å². The number of carbonyl (C=O) groups excluding carboxylic acids is 2. The molecule has 0 amide bonds. The number of aryl methyl sites for hydroxylation is 1. The minimum Gasteiger partial charge on any atom is -0.507 e. The Kier molecular flexibility index (Phi) is 5.08. The number of rotatable bonds is 5. The van der Waals surface area contributed by atoms with Gasteiger partial charge in [0.25, 0.3) is 0 Å². The quantitative estimate of drug-likeness (QED) is 0.189. The van der Waals surface area contributed by atoms with Crippen molar-refractivity contribution in [2.75, 3.05) is 5.32 Å². The van der Waals surface area contributed by atoms with Gasteiger partial charge in [-0.15, -0.1) is 4.33 Å². The maximum absolute atomic E-state index is 13.1. The molecule has 0 saturated carbocycles. The van der Waals surface area contributed by atoms with Crippen LogP contribution in [0.25, 0.3) is 0 Å². The minimum absolute atomic E-state index is 0.0324. The lowest BCUT2D eigenvalue weighted by Crippen LogP contribution is -2.22. The van der Waals surface area contributed by atoms with E-state index in [4.69, 9.17) is 5.26 Å². The van der Waals surface area contributed by atoms with Gasteiger partial charge in [-0.2, -0.15) is 0 Å². The van der Waals surface area contributed by atoms with Crippen LogP contribution < -0.4 is 5.32 Å². The Morgan fingerprint density at radius 2 is 1.55 bits per heavy atom. The molecule has 1 aliphatic carbocycles. The fraction of sp³-hybridized carbons (Fsp3) is 0.0476. The highest BCUT2D eigenvalue weighted by Gasteiger charge is 2.34. The highest BCUT2D eigenvalue weighted by Crippen LogP contribution is 2.39. The second kappa shape index (κ2) is 7.69. The SMILES string of the molecule is Cc1ccc(Nc2ccc(O)c3c2C(=O)c2ccccc2C3=O)c(SOOO)c1. The highest BCUT2D eigenvalue weighted by molar-refractivity contribution is 7.94. The van der Waals surface area contributed by atoms with Crippen molar-refractivity contribution in [1.82, 2.24) is 0 Å². The zero-order valence-electron chi connectivity index (χ0n) is 15.1. The van der Waals surface area contributed by atoms with Crippen molar-refractivity contribution in [3.8, 4) is 5.75 Å². The standard InChI is InChI=1S/C21H15NO6S/c1-11-6-7-14(17(10-11)29-28-27-26)22-15-8-9-16(23)19-18(15)20(24)12-4-2-3-5-13(12)21(19)25/h2-10,22-23,26H,1H3. The molecule has 1 aliphatic rings. The molecule has 4 rings (SSSR count). The number of fused-ring (bicyclic) bond motifs is 2. The van der Waals surface area contributed by atoms with Crippen molar-refractivity contribution in [3.05, 3.63) is 82.4 Å². The smallest absolute Gasteiger partial charge is 0.198 e. The maximum Gasteiger partial charge on any atom is 0.198 e. The molecule has 0 fully saturated rings. The van der Waals surface area contributed by atoms with Crippen LogP contribution in [0.15, 0.2) is 59.5 Å². The van der Waals surface area contributed by atoms with Crippen LogP contribution in [0.5, 0.6) is 5.75 Å². The molecule has 0 heterocycles. The molecule has 7 nitrogen and oxygen atoms in total. The van der Waals surface area contributed by atoms with Crippen LogP contribution in [0.4, 0.5) is 11.4 Å². The van der Waals surface area contributed by atoms with Crippen molar-refractivity contribution in [3.63, 3.8) is 0 Å². The summed E-state index contributed by atoms with van der Waals surface area (Å²) in [4.78, 5) is 26.6. The third kappa shape index (κ3) is 3.39. The predicted molar refractivity (Wildman–Crippen MR) is 107 cm³/mol. The van der Waals surface area contributed by atoms with Crippen LogP contribution in [-0.4, -0.2) is 21.9 Å². The highest BCUT2D eigenvalue weighted by atomic mass is 32.2. The first-order chi connectivity index (χ1) is 14.0. The molecule has 0 bridgehead atoms. The zero-order chi connectivity index (χ0) is 20.5. The molecule has 8 heteroatoms. The van der Waals surface area contributed by atoms with Crippen LogP contribution in [0.2, 0.25) is 0 Å². The molecular formula is C21H15NO6S. The average Bonchev–Trinajstić information content (AvgIpc) is 2.73. The summed E-state index contributed by atoms with van der Waals surface area (Å²) in [6.45, 7) is 1.88. The number of benzene rings is 3. The average molecular weight is 409 g/mol. The number of anilines is 2. The molecule has 3 aromatic rings. The molecule has 0 unspecified atom stereocenters. The van der Waals surface area contributed by atoms with Gasteiger partial charge in [0.2, 0.25) is 0 Å². The normalized spacial score (nSPS) is 12.5. The fourth-order valence-corrected chi connectivity index (χ4v) is 3.86. The van der Waals surface area contributed by atoms with E-state index >= 15 is 0 Å². The fourth-order valence-electron chi connectivity index (χ4n) is 3.31. The van der Waals surface area contributed by atoms with E-state index in [1.54, 1.807) is 36.4 Å². The van der Waals surface area contributed by atoms with Gasteiger partial charge in [0, 0.05) is 11.1 Å². The van der Waals surface area contributed by atoms with E-state index in [0.29, 0.717) is 16.3 Å². The van der Waals surface area contributed by atoms with Gasteiger partial charge in [-0.05, 0) is 36.8 Å². The van der Waals surface area contributed by atoms with Gasteiger partial charge in [0.1, 0.15) is 5.75 Å². The number of nitrogens with one attached hydrogen (secondary N) is 1. The summed E-state index contributed by atoms with van der Waals surface area (Å²) in [5, 5.41) is 25.5. The molecule has 0 saturated heterocycles. The zero-order valence-corrected chi connectivity index (χ0v) is 15.9. The number of phenols is 1. The van der Waals surface area contributed by atoms with Crippen LogP contribution in [0.3, 0.4) is 0 Å². The second-order valence-electron chi connectivity index (χ2n) is 6.44. The number of hydrogen-bond donors (Lipinski definition) is 3. The Morgan fingerprint density at radius 3 is 2.24 bits per heavy atom. The molecule has 29 heavy (non-hydrogen) atoms. The van der Waals surface area contributed by atoms with E-state index in [9.17, 15) is 14.7 Å². The van der Waals surface area contributed by atoms with E-state index in [1.165, 1.54) is 12.1 Å². The summed E-state index contributed by atoms with van der Waals surface area (Å²) in [5.74, 6) is -1.02. The summed E-state index contributed by atoms with van der Waals surface area (Å²) in [6, 6.07) is 14.8. The first-order valence-corrected chi connectivity index (χ1v) is 9.32. The lowest BCUT2D eigenvalue weighted by molar-refractivity contribution is -0.432. The molecule has 3 N–H and O–H groups in total. The van der Waals surface area contributed by atoms with Gasteiger partial charge in [-0.1, -0.05) is 35.4 Å². The van der Waals surface area contributed by atoms with Gasteiger partial charge < -0.3 is 10.4 Å². The molecule has 0 aromatic heterocycles. The van der Waals surface area contributed by atoms with E-state index in [0.717, 1.165) is 17.6 Å². The summed E-state index contributed by atoms with van der Waals surface area (Å²) in [6.07, 6.45) is 0. The van der Waals surface area contributed by atoms with E-state index in [1.807, 2.05) is 13.0 Å². The monoisotopic (exact) mass is 409 g/mol. The van der Waals surface area contributed by atoms with Crippen LogP contribution >= 0.6 is 12.0 Å². The summed E-state index contributed by atoms with van der Waals surface area (Å²) >= 11 is 0.775. The number of hydrogen-bond acceptors (Lipinski definition) is 8. The molecular weight excluding hydrogens is 394 g/mol. The van der Waals surface area contributed by atoms with Gasteiger partial charge in [-0.25, -0.2) is 5.26 Å². The molecule has 0 atom stereocenters. The molecule has 3 aromatic carbocycles. The maximum atomic E-state index is 13.1. The Labute approximate surface area is 170 Å². The third-order valence-corrected chi connectivity index (χ3v) is 5.26.